The molecule has 0 heterocycles. The molecule has 0 amide bonds. The van der Waals surface area contributed by atoms with Gasteiger partial charge in [-0.3, -0.25) is 0 Å². The van der Waals surface area contributed by atoms with Crippen molar-refractivity contribution >= 4 is 0 Å². The highest BCUT2D eigenvalue weighted by Gasteiger charge is 2.23. The van der Waals surface area contributed by atoms with Crippen LogP contribution in [0.15, 0.2) is 36.4 Å². The van der Waals surface area contributed by atoms with Gasteiger partial charge in [0.15, 0.2) is 0 Å². The Kier molecular flexibility index (Phi) is 5.60. The number of hydrogen-bond acceptors (Lipinski definition) is 2. The van der Waals surface area contributed by atoms with Gasteiger partial charge in [-0.2, -0.15) is 0 Å². The van der Waals surface area contributed by atoms with Crippen LogP contribution < -0.4 is 4.74 Å². The van der Waals surface area contributed by atoms with Crippen LogP contribution in [-0.4, -0.2) is 12.2 Å². The third kappa shape index (κ3) is 4.06. The summed E-state index contributed by atoms with van der Waals surface area (Å²) >= 11 is 0. The van der Waals surface area contributed by atoms with E-state index in [1.807, 2.05) is 12.1 Å². The van der Waals surface area contributed by atoms with Crippen LogP contribution >= 0.6 is 0 Å². The molecule has 0 atom stereocenters. The Morgan fingerprint density at radius 1 is 1.00 bits per heavy atom. The van der Waals surface area contributed by atoms with E-state index in [9.17, 15) is 5.11 Å². The van der Waals surface area contributed by atoms with Crippen LogP contribution in [0.25, 0.3) is 0 Å². The van der Waals surface area contributed by atoms with E-state index in [4.69, 9.17) is 4.74 Å². The van der Waals surface area contributed by atoms with Gasteiger partial charge in [-0.05, 0) is 47.4 Å². The number of phenolic OH excluding ortho intramolecular Hbond substituents is 1. The van der Waals surface area contributed by atoms with E-state index in [1.165, 1.54) is 43.2 Å². The van der Waals surface area contributed by atoms with E-state index in [0.717, 1.165) is 23.3 Å². The Morgan fingerprint density at radius 2 is 1.69 bits per heavy atom. The van der Waals surface area contributed by atoms with Gasteiger partial charge in [0.1, 0.15) is 11.5 Å². The minimum atomic E-state index is -0.129. The van der Waals surface area contributed by atoms with Gasteiger partial charge in [0, 0.05) is 17.5 Å². The van der Waals surface area contributed by atoms with Crippen LogP contribution in [0, 0.1) is 0 Å². The van der Waals surface area contributed by atoms with Crippen molar-refractivity contribution in [2.45, 2.75) is 70.6 Å². The second-order valence-corrected chi connectivity index (χ2v) is 8.64. The van der Waals surface area contributed by atoms with Crippen molar-refractivity contribution < 1.29 is 9.84 Å². The summed E-state index contributed by atoms with van der Waals surface area (Å²) in [5.41, 5.74) is 4.57. The van der Waals surface area contributed by atoms with Crippen LogP contribution in [0.5, 0.6) is 11.5 Å². The number of phenols is 1. The van der Waals surface area contributed by atoms with E-state index < -0.39 is 0 Å². The van der Waals surface area contributed by atoms with Gasteiger partial charge < -0.3 is 9.84 Å². The SMILES string of the molecule is COc1cc(Cc2ccccc2C2CCCCC2)c(O)c(C(C)(C)C)c1. The predicted octanol–water partition coefficient (Wildman–Crippen LogP) is 6.34. The smallest absolute Gasteiger partial charge is 0.123 e. The molecule has 0 aromatic heterocycles. The number of aromatic hydroxyl groups is 1. The molecule has 140 valence electrons. The third-order valence-corrected chi connectivity index (χ3v) is 5.69. The Morgan fingerprint density at radius 3 is 2.35 bits per heavy atom. The van der Waals surface area contributed by atoms with E-state index in [-0.39, 0.29) is 5.41 Å². The quantitative estimate of drug-likeness (QED) is 0.696. The van der Waals surface area contributed by atoms with Crippen molar-refractivity contribution in [3.05, 3.63) is 58.7 Å². The molecule has 1 fully saturated rings. The molecule has 0 bridgehead atoms. The van der Waals surface area contributed by atoms with Gasteiger partial charge in [0.05, 0.1) is 7.11 Å². The lowest BCUT2D eigenvalue weighted by molar-refractivity contribution is 0.403. The minimum absolute atomic E-state index is 0.129. The molecule has 1 saturated carbocycles. The van der Waals surface area contributed by atoms with Crippen molar-refractivity contribution in [1.82, 2.24) is 0 Å². The second kappa shape index (κ2) is 7.73. The molecule has 0 radical (unpaired) electrons. The molecule has 2 aromatic carbocycles. The largest absolute Gasteiger partial charge is 0.507 e. The number of hydrogen-bond donors (Lipinski definition) is 1. The molecular formula is C24H32O2. The Labute approximate surface area is 158 Å². The van der Waals surface area contributed by atoms with Crippen molar-refractivity contribution in [3.8, 4) is 11.5 Å². The fraction of sp³-hybridized carbons (Fsp3) is 0.500. The maximum Gasteiger partial charge on any atom is 0.123 e. The van der Waals surface area contributed by atoms with E-state index in [2.05, 4.69) is 45.0 Å². The summed E-state index contributed by atoms with van der Waals surface area (Å²) in [4.78, 5) is 0. The molecule has 0 aliphatic heterocycles. The first-order chi connectivity index (χ1) is 12.4. The van der Waals surface area contributed by atoms with E-state index in [0.29, 0.717) is 11.7 Å². The van der Waals surface area contributed by atoms with Crippen molar-refractivity contribution in [2.24, 2.45) is 0 Å². The molecule has 1 N–H and O–H groups in total. The molecule has 1 aliphatic rings. The Balaban J connectivity index is 1.99. The average Bonchev–Trinajstić information content (AvgIpc) is 2.63. The van der Waals surface area contributed by atoms with Gasteiger partial charge in [-0.15, -0.1) is 0 Å². The molecule has 3 rings (SSSR count). The number of benzene rings is 2. The first-order valence-corrected chi connectivity index (χ1v) is 9.88. The Hall–Kier alpha value is -1.96. The molecule has 0 saturated heterocycles. The molecule has 2 aromatic rings. The van der Waals surface area contributed by atoms with E-state index >= 15 is 0 Å². The van der Waals surface area contributed by atoms with Crippen molar-refractivity contribution in [2.75, 3.05) is 7.11 Å². The zero-order valence-corrected chi connectivity index (χ0v) is 16.6. The lowest BCUT2D eigenvalue weighted by Crippen LogP contribution is -2.13. The first kappa shape index (κ1) is 18.8. The summed E-state index contributed by atoms with van der Waals surface area (Å²) in [5.74, 6) is 1.89. The van der Waals surface area contributed by atoms with Crippen LogP contribution in [0.1, 0.15) is 81.0 Å². The maximum atomic E-state index is 11.0. The normalized spacial score (nSPS) is 15.8. The highest BCUT2D eigenvalue weighted by molar-refractivity contribution is 5.51. The van der Waals surface area contributed by atoms with Gasteiger partial charge >= 0.3 is 0 Å². The molecule has 2 heteroatoms. The van der Waals surface area contributed by atoms with Crippen LogP contribution in [0.2, 0.25) is 0 Å². The van der Waals surface area contributed by atoms with Crippen molar-refractivity contribution in [3.63, 3.8) is 0 Å². The number of rotatable bonds is 4. The predicted molar refractivity (Wildman–Crippen MR) is 108 cm³/mol. The first-order valence-electron chi connectivity index (χ1n) is 9.88. The van der Waals surface area contributed by atoms with Crippen LogP contribution in [0.3, 0.4) is 0 Å². The average molecular weight is 353 g/mol. The highest BCUT2D eigenvalue weighted by Crippen LogP contribution is 2.39. The Bertz CT molecular complexity index is 749. The van der Waals surface area contributed by atoms with E-state index in [1.54, 1.807) is 7.11 Å². The monoisotopic (exact) mass is 352 g/mol. The summed E-state index contributed by atoms with van der Waals surface area (Å²) in [5, 5.41) is 11.0. The highest BCUT2D eigenvalue weighted by atomic mass is 16.5. The zero-order chi connectivity index (χ0) is 18.7. The third-order valence-electron chi connectivity index (χ3n) is 5.69. The molecule has 0 unspecified atom stereocenters. The molecule has 26 heavy (non-hydrogen) atoms. The van der Waals surface area contributed by atoms with Gasteiger partial charge in [-0.25, -0.2) is 0 Å². The topological polar surface area (TPSA) is 29.5 Å². The lowest BCUT2D eigenvalue weighted by Gasteiger charge is -2.26. The molecule has 1 aliphatic carbocycles. The molecular weight excluding hydrogens is 320 g/mol. The molecule has 2 nitrogen and oxygen atoms in total. The summed E-state index contributed by atoms with van der Waals surface area (Å²) in [7, 11) is 1.69. The maximum absolute atomic E-state index is 11.0. The lowest BCUT2D eigenvalue weighted by atomic mass is 9.80. The van der Waals surface area contributed by atoms with Crippen LogP contribution in [0.4, 0.5) is 0 Å². The minimum Gasteiger partial charge on any atom is -0.507 e. The van der Waals surface area contributed by atoms with Crippen LogP contribution in [-0.2, 0) is 11.8 Å². The number of methoxy groups -OCH3 is 1. The number of ether oxygens (including phenoxy) is 1. The summed E-state index contributed by atoms with van der Waals surface area (Å²) in [6, 6.07) is 12.7. The summed E-state index contributed by atoms with van der Waals surface area (Å²) < 4.78 is 5.52. The second-order valence-electron chi connectivity index (χ2n) is 8.64. The van der Waals surface area contributed by atoms with Gasteiger partial charge in [0.2, 0.25) is 0 Å². The zero-order valence-electron chi connectivity index (χ0n) is 16.6. The van der Waals surface area contributed by atoms with Gasteiger partial charge in [0.25, 0.3) is 0 Å². The fourth-order valence-corrected chi connectivity index (χ4v) is 4.20. The standard InChI is InChI=1S/C24H32O2/c1-24(2,3)22-16-20(26-4)15-19(23(22)25)14-18-12-8-9-13-21(18)17-10-6-5-7-11-17/h8-9,12-13,15-17,25H,5-7,10-11,14H2,1-4H3. The van der Waals surface area contributed by atoms with Crippen molar-refractivity contribution in [1.29, 1.82) is 0 Å². The summed E-state index contributed by atoms with van der Waals surface area (Å²) in [6.07, 6.45) is 7.35. The van der Waals surface area contributed by atoms with Gasteiger partial charge in [-0.1, -0.05) is 64.3 Å². The fourth-order valence-electron chi connectivity index (χ4n) is 4.20. The molecule has 0 spiro atoms. The summed E-state index contributed by atoms with van der Waals surface area (Å²) in [6.45, 7) is 6.38.